The van der Waals surface area contributed by atoms with Crippen molar-refractivity contribution < 1.29 is 24.2 Å². The van der Waals surface area contributed by atoms with Gasteiger partial charge in [0.05, 0.1) is 4.88 Å². The summed E-state index contributed by atoms with van der Waals surface area (Å²) in [5.74, 6) is -2.12. The maximum absolute atomic E-state index is 11.8. The van der Waals surface area contributed by atoms with Crippen LogP contribution in [0.4, 0.5) is 0 Å². The van der Waals surface area contributed by atoms with Crippen LogP contribution in [-0.2, 0) is 14.3 Å². The lowest BCUT2D eigenvalue weighted by Crippen LogP contribution is -2.41. The number of hydrogen-bond donors (Lipinski definition) is 2. The van der Waals surface area contributed by atoms with Crippen molar-refractivity contribution in [1.82, 2.24) is 5.32 Å². The Kier molecular flexibility index (Phi) is 5.90. The number of ether oxygens (including phenoxy) is 1. The summed E-state index contributed by atoms with van der Waals surface area (Å²) in [6, 6.07) is 2.19. The highest BCUT2D eigenvalue weighted by Crippen LogP contribution is 2.12. The molecule has 1 amide bonds. The van der Waals surface area contributed by atoms with Gasteiger partial charge in [0.2, 0.25) is 0 Å². The van der Waals surface area contributed by atoms with Gasteiger partial charge in [0.1, 0.15) is 11.6 Å². The average Bonchev–Trinajstić information content (AvgIpc) is 2.85. The fourth-order valence-electron chi connectivity index (χ4n) is 1.55. The first-order valence-corrected chi connectivity index (χ1v) is 7.36. The fraction of sp³-hybridized carbons (Fsp3) is 0.500. The highest BCUT2D eigenvalue weighted by Gasteiger charge is 2.24. The first-order chi connectivity index (χ1) is 9.69. The first-order valence-electron chi connectivity index (χ1n) is 6.48. The Balaban J connectivity index is 2.53. The molecule has 0 aliphatic carbocycles. The molecule has 21 heavy (non-hydrogen) atoms. The van der Waals surface area contributed by atoms with Crippen molar-refractivity contribution in [2.45, 2.75) is 45.3 Å². The van der Waals surface area contributed by atoms with Gasteiger partial charge in [-0.2, -0.15) is 0 Å². The molecule has 1 aromatic rings. The van der Waals surface area contributed by atoms with Crippen LogP contribution >= 0.6 is 11.3 Å². The third-order valence-electron chi connectivity index (χ3n) is 2.41. The number of carboxylic acid groups (broad SMARTS) is 1. The summed E-state index contributed by atoms with van der Waals surface area (Å²) in [7, 11) is 0. The molecule has 0 spiro atoms. The molecule has 116 valence electrons. The minimum Gasteiger partial charge on any atom is -0.480 e. The monoisotopic (exact) mass is 313 g/mol. The van der Waals surface area contributed by atoms with E-state index in [1.165, 1.54) is 11.3 Å². The highest BCUT2D eigenvalue weighted by atomic mass is 32.1. The molecule has 0 unspecified atom stereocenters. The van der Waals surface area contributed by atoms with Crippen LogP contribution in [0.5, 0.6) is 0 Å². The van der Waals surface area contributed by atoms with Crippen LogP contribution in [0.3, 0.4) is 0 Å². The van der Waals surface area contributed by atoms with Gasteiger partial charge in [-0.05, 0) is 38.6 Å². The molecule has 7 heteroatoms. The van der Waals surface area contributed by atoms with E-state index < -0.39 is 29.5 Å². The highest BCUT2D eigenvalue weighted by molar-refractivity contribution is 7.12. The number of carboxylic acids is 1. The third kappa shape index (κ3) is 6.40. The molecule has 2 N–H and O–H groups in total. The Hall–Kier alpha value is -1.89. The number of hydrogen-bond acceptors (Lipinski definition) is 5. The van der Waals surface area contributed by atoms with E-state index in [9.17, 15) is 14.4 Å². The van der Waals surface area contributed by atoms with Gasteiger partial charge in [0.15, 0.2) is 0 Å². The van der Waals surface area contributed by atoms with Crippen molar-refractivity contribution in [3.05, 3.63) is 22.4 Å². The SMILES string of the molecule is CC(C)(C)OC(=O)CC[C@@H](NC(=O)c1cccs1)C(=O)O. The van der Waals surface area contributed by atoms with Gasteiger partial charge in [-0.1, -0.05) is 6.07 Å². The summed E-state index contributed by atoms with van der Waals surface area (Å²) in [4.78, 5) is 35.0. The molecule has 0 fully saturated rings. The van der Waals surface area contributed by atoms with E-state index in [-0.39, 0.29) is 12.8 Å². The molecule has 0 aliphatic heterocycles. The number of amides is 1. The van der Waals surface area contributed by atoms with Gasteiger partial charge in [-0.25, -0.2) is 4.79 Å². The van der Waals surface area contributed by atoms with E-state index >= 15 is 0 Å². The predicted octanol–water partition coefficient (Wildman–Crippen LogP) is 2.05. The van der Waals surface area contributed by atoms with Gasteiger partial charge in [0.25, 0.3) is 5.91 Å². The van der Waals surface area contributed by atoms with E-state index in [0.717, 1.165) is 0 Å². The maximum Gasteiger partial charge on any atom is 0.326 e. The number of rotatable bonds is 6. The van der Waals surface area contributed by atoms with Crippen LogP contribution in [0.25, 0.3) is 0 Å². The zero-order valence-corrected chi connectivity index (χ0v) is 13.0. The van der Waals surface area contributed by atoms with Gasteiger partial charge in [-0.3, -0.25) is 9.59 Å². The largest absolute Gasteiger partial charge is 0.480 e. The Bertz CT molecular complexity index is 504. The lowest BCUT2D eigenvalue weighted by molar-refractivity contribution is -0.155. The van der Waals surface area contributed by atoms with Crippen molar-refractivity contribution in [2.24, 2.45) is 0 Å². The summed E-state index contributed by atoms with van der Waals surface area (Å²) >= 11 is 1.22. The molecule has 0 saturated heterocycles. The van der Waals surface area contributed by atoms with Crippen molar-refractivity contribution in [3.8, 4) is 0 Å². The van der Waals surface area contributed by atoms with Crippen LogP contribution in [-0.4, -0.2) is 34.6 Å². The second-order valence-corrected chi connectivity index (χ2v) is 6.41. The molecular formula is C14H19NO5S. The van der Waals surface area contributed by atoms with E-state index in [0.29, 0.717) is 4.88 Å². The molecule has 0 bridgehead atoms. The van der Waals surface area contributed by atoms with Crippen LogP contribution in [0, 0.1) is 0 Å². The van der Waals surface area contributed by atoms with Crippen molar-refractivity contribution in [3.63, 3.8) is 0 Å². The minimum absolute atomic E-state index is 0.0125. The van der Waals surface area contributed by atoms with E-state index in [1.54, 1.807) is 38.3 Å². The van der Waals surface area contributed by atoms with Gasteiger partial charge in [-0.15, -0.1) is 11.3 Å². The zero-order chi connectivity index (χ0) is 16.0. The van der Waals surface area contributed by atoms with Crippen LogP contribution in [0.1, 0.15) is 43.3 Å². The molecule has 0 aliphatic rings. The normalized spacial score (nSPS) is 12.5. The van der Waals surface area contributed by atoms with E-state index in [4.69, 9.17) is 9.84 Å². The van der Waals surface area contributed by atoms with Crippen LogP contribution in [0.15, 0.2) is 17.5 Å². The van der Waals surface area contributed by atoms with Crippen LogP contribution < -0.4 is 5.32 Å². The van der Waals surface area contributed by atoms with Crippen molar-refractivity contribution >= 4 is 29.2 Å². The predicted molar refractivity (Wildman–Crippen MR) is 78.3 cm³/mol. The number of carbonyl (C=O) groups is 3. The maximum atomic E-state index is 11.8. The molecule has 1 aromatic heterocycles. The summed E-state index contributed by atoms with van der Waals surface area (Å²) in [5, 5.41) is 13.2. The van der Waals surface area contributed by atoms with Gasteiger partial charge >= 0.3 is 11.9 Å². The van der Waals surface area contributed by atoms with Crippen LogP contribution in [0.2, 0.25) is 0 Å². The molecule has 0 aromatic carbocycles. The smallest absolute Gasteiger partial charge is 0.326 e. The number of thiophene rings is 1. The first kappa shape index (κ1) is 17.2. The standard InChI is InChI=1S/C14H19NO5S/c1-14(2,3)20-11(16)7-6-9(13(18)19)15-12(17)10-5-4-8-21-10/h4-5,8-9H,6-7H2,1-3H3,(H,15,17)(H,18,19)/t9-/m1/s1. The average molecular weight is 313 g/mol. The van der Waals surface area contributed by atoms with Crippen molar-refractivity contribution in [2.75, 3.05) is 0 Å². The van der Waals surface area contributed by atoms with Gasteiger partial charge in [0, 0.05) is 6.42 Å². The summed E-state index contributed by atoms with van der Waals surface area (Å²) in [6.07, 6.45) is -0.0830. The number of carbonyl (C=O) groups excluding carboxylic acids is 2. The topological polar surface area (TPSA) is 92.7 Å². The second kappa shape index (κ2) is 7.21. The number of nitrogens with one attached hydrogen (secondary N) is 1. The number of esters is 1. The second-order valence-electron chi connectivity index (χ2n) is 5.47. The Labute approximate surface area is 127 Å². The Morgan fingerprint density at radius 2 is 2.05 bits per heavy atom. The molecule has 1 atom stereocenters. The summed E-state index contributed by atoms with van der Waals surface area (Å²) < 4.78 is 5.10. The fourth-order valence-corrected chi connectivity index (χ4v) is 2.18. The molecule has 1 heterocycles. The minimum atomic E-state index is -1.18. The van der Waals surface area contributed by atoms with E-state index in [1.807, 2.05) is 0 Å². The van der Waals surface area contributed by atoms with Gasteiger partial charge < -0.3 is 15.2 Å². The van der Waals surface area contributed by atoms with Crippen molar-refractivity contribution in [1.29, 1.82) is 0 Å². The molecule has 1 rings (SSSR count). The zero-order valence-electron chi connectivity index (χ0n) is 12.2. The summed E-state index contributed by atoms with van der Waals surface area (Å²) in [5.41, 5.74) is -0.615. The molecule has 0 saturated carbocycles. The lowest BCUT2D eigenvalue weighted by atomic mass is 10.1. The van der Waals surface area contributed by atoms with E-state index in [2.05, 4.69) is 5.32 Å². The molecule has 6 nitrogen and oxygen atoms in total. The number of aliphatic carboxylic acids is 1. The quantitative estimate of drug-likeness (QED) is 0.784. The summed E-state index contributed by atoms with van der Waals surface area (Å²) in [6.45, 7) is 5.20. The Morgan fingerprint density at radius 3 is 2.52 bits per heavy atom. The Morgan fingerprint density at radius 1 is 1.38 bits per heavy atom. The lowest BCUT2D eigenvalue weighted by Gasteiger charge is -2.20. The molecule has 0 radical (unpaired) electrons. The third-order valence-corrected chi connectivity index (χ3v) is 3.27. The molecular weight excluding hydrogens is 294 g/mol.